The first-order valence-corrected chi connectivity index (χ1v) is 9.03. The van der Waals surface area contributed by atoms with Crippen molar-refractivity contribution in [1.29, 1.82) is 0 Å². The molecule has 0 aliphatic carbocycles. The van der Waals surface area contributed by atoms with E-state index in [9.17, 15) is 4.79 Å². The zero-order valence-electron chi connectivity index (χ0n) is 15.6. The summed E-state index contributed by atoms with van der Waals surface area (Å²) >= 11 is 0. The van der Waals surface area contributed by atoms with Gasteiger partial charge in [-0.3, -0.25) is 4.79 Å². The zero-order chi connectivity index (χ0) is 18.8. The number of carbonyl (C=O) groups excluding carboxylic acids is 1. The lowest BCUT2D eigenvalue weighted by molar-refractivity contribution is 0.0749. The number of nitrogens with zero attached hydrogens (tertiary/aromatic N) is 2. The van der Waals surface area contributed by atoms with Crippen LogP contribution in [0.5, 0.6) is 11.5 Å². The van der Waals surface area contributed by atoms with Crippen molar-refractivity contribution in [2.24, 2.45) is 0 Å². The summed E-state index contributed by atoms with van der Waals surface area (Å²) in [7, 11) is 3.30. The second-order valence-corrected chi connectivity index (χ2v) is 6.59. The van der Waals surface area contributed by atoms with Crippen molar-refractivity contribution in [3.8, 4) is 11.5 Å². The number of piperazine rings is 1. The molecule has 0 atom stereocenters. The van der Waals surface area contributed by atoms with E-state index in [-0.39, 0.29) is 5.91 Å². The number of H-pyrrole nitrogens is 1. The first-order chi connectivity index (χ1) is 13.2. The minimum absolute atomic E-state index is 0.0702. The van der Waals surface area contributed by atoms with Crippen LogP contribution in [0.4, 0.5) is 5.69 Å². The summed E-state index contributed by atoms with van der Waals surface area (Å²) in [5.41, 5.74) is 2.78. The fourth-order valence-corrected chi connectivity index (χ4v) is 3.54. The smallest absolute Gasteiger partial charge is 0.256 e. The lowest BCUT2D eigenvalue weighted by atomic mass is 10.1. The number of aromatic nitrogens is 1. The Balaban J connectivity index is 1.45. The monoisotopic (exact) mass is 365 g/mol. The van der Waals surface area contributed by atoms with Gasteiger partial charge in [-0.05, 0) is 36.4 Å². The Morgan fingerprint density at radius 3 is 2.26 bits per heavy atom. The third-order valence-electron chi connectivity index (χ3n) is 5.12. The van der Waals surface area contributed by atoms with E-state index in [1.54, 1.807) is 20.4 Å². The highest BCUT2D eigenvalue weighted by Crippen LogP contribution is 2.25. The average Bonchev–Trinajstić information content (AvgIpc) is 3.16. The standard InChI is InChI=1S/C21H23N3O3/c1-26-16-5-3-15(4-6-16)23-9-11-24(12-10-23)21(25)19-14-22-20-13-17(27-2)7-8-18(19)20/h3-8,13-14,22H,9-12H2,1-2H3. The van der Waals surface area contributed by atoms with Crippen molar-refractivity contribution in [1.82, 2.24) is 9.88 Å². The molecule has 27 heavy (non-hydrogen) atoms. The first kappa shape index (κ1) is 17.3. The molecule has 0 spiro atoms. The van der Waals surface area contributed by atoms with Crippen LogP contribution in [0.3, 0.4) is 0 Å². The van der Waals surface area contributed by atoms with Crippen molar-refractivity contribution >= 4 is 22.5 Å². The SMILES string of the molecule is COc1ccc(N2CCN(C(=O)c3c[nH]c4cc(OC)ccc34)CC2)cc1. The molecule has 1 N–H and O–H groups in total. The molecule has 1 saturated heterocycles. The molecule has 0 radical (unpaired) electrons. The second-order valence-electron chi connectivity index (χ2n) is 6.59. The Kier molecular flexibility index (Phi) is 4.62. The Morgan fingerprint density at radius 2 is 1.59 bits per heavy atom. The van der Waals surface area contributed by atoms with Crippen LogP contribution in [0, 0.1) is 0 Å². The van der Waals surface area contributed by atoms with Crippen LogP contribution in [-0.2, 0) is 0 Å². The largest absolute Gasteiger partial charge is 0.497 e. The molecule has 1 amide bonds. The zero-order valence-corrected chi connectivity index (χ0v) is 15.6. The Labute approximate surface area is 158 Å². The van der Waals surface area contributed by atoms with Crippen LogP contribution in [0.1, 0.15) is 10.4 Å². The third kappa shape index (κ3) is 3.30. The summed E-state index contributed by atoms with van der Waals surface area (Å²) < 4.78 is 10.5. The predicted molar refractivity (Wildman–Crippen MR) is 106 cm³/mol. The molecule has 4 rings (SSSR count). The highest BCUT2D eigenvalue weighted by Gasteiger charge is 2.24. The van der Waals surface area contributed by atoms with Gasteiger partial charge in [0.25, 0.3) is 5.91 Å². The number of hydrogen-bond donors (Lipinski definition) is 1. The number of nitrogens with one attached hydrogen (secondary N) is 1. The fraction of sp³-hybridized carbons (Fsp3) is 0.286. The molecular formula is C21H23N3O3. The van der Waals surface area contributed by atoms with Crippen molar-refractivity contribution < 1.29 is 14.3 Å². The molecule has 1 aliphatic heterocycles. The van der Waals surface area contributed by atoms with Gasteiger partial charge in [0.05, 0.1) is 19.8 Å². The lowest BCUT2D eigenvalue weighted by Crippen LogP contribution is -2.48. The molecule has 3 aromatic rings. The van der Waals surface area contributed by atoms with Gasteiger partial charge >= 0.3 is 0 Å². The molecule has 1 aromatic heterocycles. The highest BCUT2D eigenvalue weighted by atomic mass is 16.5. The van der Waals surface area contributed by atoms with E-state index in [0.29, 0.717) is 18.7 Å². The van der Waals surface area contributed by atoms with E-state index in [1.807, 2.05) is 35.2 Å². The van der Waals surface area contributed by atoms with E-state index in [1.165, 1.54) is 0 Å². The molecule has 0 bridgehead atoms. The Bertz CT molecular complexity index is 941. The summed E-state index contributed by atoms with van der Waals surface area (Å²) in [4.78, 5) is 20.4. The number of carbonyl (C=O) groups is 1. The number of anilines is 1. The maximum Gasteiger partial charge on any atom is 0.256 e. The van der Waals surface area contributed by atoms with Gasteiger partial charge in [-0.25, -0.2) is 0 Å². The van der Waals surface area contributed by atoms with Crippen molar-refractivity contribution in [2.45, 2.75) is 0 Å². The van der Waals surface area contributed by atoms with Crippen LogP contribution < -0.4 is 14.4 Å². The molecule has 2 aromatic carbocycles. The van der Waals surface area contributed by atoms with Crippen molar-refractivity contribution in [2.75, 3.05) is 45.3 Å². The van der Waals surface area contributed by atoms with Gasteiger partial charge in [-0.15, -0.1) is 0 Å². The molecule has 140 valence electrons. The number of fused-ring (bicyclic) bond motifs is 1. The Hall–Kier alpha value is -3.15. The van der Waals surface area contributed by atoms with E-state index in [0.717, 1.165) is 41.2 Å². The molecule has 1 aliphatic rings. The van der Waals surface area contributed by atoms with Gasteiger partial charge in [0, 0.05) is 55.0 Å². The lowest BCUT2D eigenvalue weighted by Gasteiger charge is -2.36. The Morgan fingerprint density at radius 1 is 0.926 bits per heavy atom. The summed E-state index contributed by atoms with van der Waals surface area (Å²) in [6, 6.07) is 13.8. The summed E-state index contributed by atoms with van der Waals surface area (Å²) in [6.07, 6.45) is 1.79. The summed E-state index contributed by atoms with van der Waals surface area (Å²) in [5, 5.41) is 0.929. The van der Waals surface area contributed by atoms with E-state index < -0.39 is 0 Å². The second kappa shape index (κ2) is 7.23. The molecule has 6 heteroatoms. The van der Waals surface area contributed by atoms with E-state index in [2.05, 4.69) is 22.0 Å². The van der Waals surface area contributed by atoms with Crippen molar-refractivity contribution in [3.05, 3.63) is 54.2 Å². The van der Waals surface area contributed by atoms with Crippen LogP contribution >= 0.6 is 0 Å². The topological polar surface area (TPSA) is 57.8 Å². The minimum atomic E-state index is 0.0702. The van der Waals surface area contributed by atoms with Gasteiger partial charge in [-0.1, -0.05) is 0 Å². The van der Waals surface area contributed by atoms with E-state index >= 15 is 0 Å². The number of ether oxygens (including phenoxy) is 2. The number of hydrogen-bond acceptors (Lipinski definition) is 4. The molecule has 0 unspecified atom stereocenters. The summed E-state index contributed by atoms with van der Waals surface area (Å²) in [6.45, 7) is 3.03. The van der Waals surface area contributed by atoms with Gasteiger partial charge in [0.2, 0.25) is 0 Å². The number of rotatable bonds is 4. The van der Waals surface area contributed by atoms with Crippen LogP contribution in [0.15, 0.2) is 48.7 Å². The van der Waals surface area contributed by atoms with E-state index in [4.69, 9.17) is 9.47 Å². The van der Waals surface area contributed by atoms with Gasteiger partial charge in [0.1, 0.15) is 11.5 Å². The fourth-order valence-electron chi connectivity index (χ4n) is 3.54. The van der Waals surface area contributed by atoms with Gasteiger partial charge < -0.3 is 24.3 Å². The van der Waals surface area contributed by atoms with Gasteiger partial charge in [-0.2, -0.15) is 0 Å². The maximum atomic E-state index is 13.0. The number of amides is 1. The molecule has 1 fully saturated rings. The van der Waals surface area contributed by atoms with Crippen LogP contribution in [0.2, 0.25) is 0 Å². The molecule has 6 nitrogen and oxygen atoms in total. The van der Waals surface area contributed by atoms with Gasteiger partial charge in [0.15, 0.2) is 0 Å². The molecule has 2 heterocycles. The normalized spacial score (nSPS) is 14.4. The van der Waals surface area contributed by atoms with Crippen molar-refractivity contribution in [3.63, 3.8) is 0 Å². The first-order valence-electron chi connectivity index (χ1n) is 9.03. The highest BCUT2D eigenvalue weighted by molar-refractivity contribution is 6.07. The number of benzene rings is 2. The molecule has 0 saturated carbocycles. The van der Waals surface area contributed by atoms with Crippen LogP contribution in [-0.4, -0.2) is 56.2 Å². The number of methoxy groups -OCH3 is 2. The minimum Gasteiger partial charge on any atom is -0.497 e. The summed E-state index contributed by atoms with van der Waals surface area (Å²) in [5.74, 6) is 1.70. The molecular weight excluding hydrogens is 342 g/mol. The average molecular weight is 365 g/mol. The maximum absolute atomic E-state index is 13.0. The quantitative estimate of drug-likeness (QED) is 0.772. The third-order valence-corrected chi connectivity index (χ3v) is 5.12. The predicted octanol–water partition coefficient (Wildman–Crippen LogP) is 3.15. The van der Waals surface area contributed by atoms with Crippen LogP contribution in [0.25, 0.3) is 10.9 Å². The number of aromatic amines is 1.